The molecule has 7 heteroatoms. The second-order valence-electron chi connectivity index (χ2n) is 3.97. The summed E-state index contributed by atoms with van der Waals surface area (Å²) in [5.74, 6) is -3.84. The van der Waals surface area contributed by atoms with Crippen LogP contribution >= 0.6 is 11.5 Å². The van der Waals surface area contributed by atoms with Gasteiger partial charge in [0, 0.05) is 5.56 Å². The van der Waals surface area contributed by atoms with Gasteiger partial charge in [-0.25, -0.2) is 13.2 Å². The Morgan fingerprint density at radius 3 is 2.68 bits per heavy atom. The van der Waals surface area contributed by atoms with Crippen LogP contribution in [0.5, 0.6) is 0 Å². The molecule has 1 unspecified atom stereocenters. The first kappa shape index (κ1) is 14.0. The molecule has 3 nitrogen and oxygen atoms in total. The molecular formula is C12H12F3N3S. The zero-order valence-electron chi connectivity index (χ0n) is 10.2. The number of benzene rings is 1. The molecule has 2 rings (SSSR count). The Balaban J connectivity index is 2.41. The van der Waals surface area contributed by atoms with Crippen LogP contribution in [0.4, 0.5) is 13.2 Å². The number of nitrogens with one attached hydrogen (secondary N) is 1. The number of nitrogens with zero attached hydrogens (tertiary/aromatic N) is 2. The molecule has 1 N–H and O–H groups in total. The van der Waals surface area contributed by atoms with E-state index in [-0.39, 0.29) is 5.56 Å². The fourth-order valence-corrected chi connectivity index (χ4v) is 2.32. The SMILES string of the molecule is CCCNC(c1cnns1)c1ccc(F)c(F)c1F. The molecule has 0 aliphatic carbocycles. The van der Waals surface area contributed by atoms with Gasteiger partial charge in [0.15, 0.2) is 17.5 Å². The molecule has 1 aromatic heterocycles. The highest BCUT2D eigenvalue weighted by molar-refractivity contribution is 7.05. The zero-order chi connectivity index (χ0) is 13.8. The maximum Gasteiger partial charge on any atom is 0.194 e. The molecule has 0 aliphatic heterocycles. The standard InChI is InChI=1S/C12H12F3N3S/c1-2-5-16-12(9-6-17-18-19-9)7-3-4-8(13)11(15)10(7)14/h3-4,6,12,16H,2,5H2,1H3. The van der Waals surface area contributed by atoms with Crippen molar-refractivity contribution in [2.75, 3.05) is 6.54 Å². The maximum atomic E-state index is 13.8. The van der Waals surface area contributed by atoms with E-state index in [4.69, 9.17) is 0 Å². The van der Waals surface area contributed by atoms with E-state index in [1.165, 1.54) is 12.3 Å². The third kappa shape index (κ3) is 2.93. The van der Waals surface area contributed by atoms with Crippen molar-refractivity contribution in [3.05, 3.63) is 46.2 Å². The molecule has 0 bridgehead atoms. The summed E-state index contributed by atoms with van der Waals surface area (Å²) in [5, 5.41) is 6.76. The zero-order valence-corrected chi connectivity index (χ0v) is 11.0. The van der Waals surface area contributed by atoms with Crippen molar-refractivity contribution in [1.82, 2.24) is 14.9 Å². The lowest BCUT2D eigenvalue weighted by Crippen LogP contribution is -2.24. The Labute approximate surface area is 112 Å². The van der Waals surface area contributed by atoms with Crippen molar-refractivity contribution in [3.63, 3.8) is 0 Å². The van der Waals surface area contributed by atoms with Gasteiger partial charge in [0.25, 0.3) is 0 Å². The van der Waals surface area contributed by atoms with E-state index in [1.807, 2.05) is 6.92 Å². The van der Waals surface area contributed by atoms with Crippen LogP contribution in [0.15, 0.2) is 18.3 Å². The summed E-state index contributed by atoms with van der Waals surface area (Å²) >= 11 is 1.09. The second-order valence-corrected chi connectivity index (χ2v) is 4.79. The predicted molar refractivity (Wildman–Crippen MR) is 66.4 cm³/mol. The first-order valence-electron chi connectivity index (χ1n) is 5.79. The molecule has 1 aromatic carbocycles. The van der Waals surface area contributed by atoms with E-state index in [0.717, 1.165) is 24.0 Å². The smallest absolute Gasteiger partial charge is 0.194 e. The molecule has 0 spiro atoms. The average Bonchev–Trinajstić information content (AvgIpc) is 2.92. The average molecular weight is 287 g/mol. The van der Waals surface area contributed by atoms with Crippen LogP contribution < -0.4 is 5.32 Å². The van der Waals surface area contributed by atoms with Gasteiger partial charge >= 0.3 is 0 Å². The van der Waals surface area contributed by atoms with Gasteiger partial charge in [-0.3, -0.25) is 0 Å². The van der Waals surface area contributed by atoms with Gasteiger partial charge in [-0.2, -0.15) is 0 Å². The van der Waals surface area contributed by atoms with E-state index < -0.39 is 23.5 Å². The molecule has 0 amide bonds. The van der Waals surface area contributed by atoms with Crippen molar-refractivity contribution >= 4 is 11.5 Å². The summed E-state index contributed by atoms with van der Waals surface area (Å²) in [6, 6.07) is 1.58. The summed E-state index contributed by atoms with van der Waals surface area (Å²) in [7, 11) is 0. The lowest BCUT2D eigenvalue weighted by atomic mass is 10.0. The van der Waals surface area contributed by atoms with Crippen molar-refractivity contribution in [2.24, 2.45) is 0 Å². The molecule has 102 valence electrons. The Hall–Kier alpha value is -1.47. The summed E-state index contributed by atoms with van der Waals surface area (Å²) in [6.07, 6.45) is 2.31. The molecular weight excluding hydrogens is 275 g/mol. The first-order valence-corrected chi connectivity index (χ1v) is 6.56. The minimum atomic E-state index is -1.46. The van der Waals surface area contributed by atoms with E-state index in [9.17, 15) is 13.2 Å². The lowest BCUT2D eigenvalue weighted by Gasteiger charge is -2.17. The number of hydrogen-bond donors (Lipinski definition) is 1. The largest absolute Gasteiger partial charge is 0.305 e. The van der Waals surface area contributed by atoms with Crippen LogP contribution in [0.1, 0.15) is 29.8 Å². The number of aromatic nitrogens is 2. The number of halogens is 3. The van der Waals surface area contributed by atoms with Crippen molar-refractivity contribution in [3.8, 4) is 0 Å². The maximum absolute atomic E-state index is 13.8. The molecule has 0 saturated heterocycles. The highest BCUT2D eigenvalue weighted by Gasteiger charge is 2.23. The molecule has 2 aromatic rings. The van der Waals surface area contributed by atoms with Crippen molar-refractivity contribution in [1.29, 1.82) is 0 Å². The molecule has 0 fully saturated rings. The Morgan fingerprint density at radius 1 is 1.26 bits per heavy atom. The van der Waals surface area contributed by atoms with Crippen molar-refractivity contribution in [2.45, 2.75) is 19.4 Å². The van der Waals surface area contributed by atoms with Gasteiger partial charge in [0.2, 0.25) is 0 Å². The van der Waals surface area contributed by atoms with Crippen LogP contribution in [0, 0.1) is 17.5 Å². The van der Waals surface area contributed by atoms with Gasteiger partial charge in [0.1, 0.15) is 0 Å². The normalized spacial score (nSPS) is 12.6. The topological polar surface area (TPSA) is 37.8 Å². The Morgan fingerprint density at radius 2 is 2.05 bits per heavy atom. The summed E-state index contributed by atoms with van der Waals surface area (Å²) < 4.78 is 43.8. The predicted octanol–water partition coefficient (Wildman–Crippen LogP) is 3.04. The lowest BCUT2D eigenvalue weighted by molar-refractivity contribution is 0.433. The highest BCUT2D eigenvalue weighted by atomic mass is 32.1. The van der Waals surface area contributed by atoms with Gasteiger partial charge in [-0.05, 0) is 30.6 Å². The molecule has 0 aliphatic rings. The van der Waals surface area contributed by atoms with Crippen LogP contribution in [0.25, 0.3) is 0 Å². The first-order chi connectivity index (χ1) is 9.15. The van der Waals surface area contributed by atoms with Gasteiger partial charge in [-0.1, -0.05) is 17.5 Å². The summed E-state index contributed by atoms with van der Waals surface area (Å²) in [4.78, 5) is 0.651. The Bertz CT molecular complexity index is 545. The fourth-order valence-electron chi connectivity index (χ4n) is 1.72. The van der Waals surface area contributed by atoms with Gasteiger partial charge < -0.3 is 5.32 Å². The van der Waals surface area contributed by atoms with Gasteiger partial charge in [-0.15, -0.1) is 5.10 Å². The van der Waals surface area contributed by atoms with E-state index >= 15 is 0 Å². The second kappa shape index (κ2) is 6.12. The van der Waals surface area contributed by atoms with Gasteiger partial charge in [0.05, 0.1) is 17.1 Å². The monoisotopic (exact) mass is 287 g/mol. The van der Waals surface area contributed by atoms with Crippen LogP contribution in [0.2, 0.25) is 0 Å². The van der Waals surface area contributed by atoms with E-state index in [1.54, 1.807) is 0 Å². The molecule has 1 atom stereocenters. The highest BCUT2D eigenvalue weighted by Crippen LogP contribution is 2.28. The fraction of sp³-hybridized carbons (Fsp3) is 0.333. The summed E-state index contributed by atoms with van der Waals surface area (Å²) in [6.45, 7) is 2.57. The number of rotatable bonds is 5. The Kier molecular flexibility index (Phi) is 4.49. The third-order valence-electron chi connectivity index (χ3n) is 2.64. The molecule has 19 heavy (non-hydrogen) atoms. The minimum absolute atomic E-state index is 0.0541. The third-order valence-corrected chi connectivity index (χ3v) is 3.37. The van der Waals surface area contributed by atoms with Crippen molar-refractivity contribution < 1.29 is 13.2 Å². The number of hydrogen-bond acceptors (Lipinski definition) is 4. The minimum Gasteiger partial charge on any atom is -0.305 e. The quantitative estimate of drug-likeness (QED) is 0.859. The van der Waals surface area contributed by atoms with Crippen LogP contribution in [0.3, 0.4) is 0 Å². The van der Waals surface area contributed by atoms with Crippen LogP contribution in [-0.4, -0.2) is 16.1 Å². The van der Waals surface area contributed by atoms with E-state index in [2.05, 4.69) is 14.9 Å². The van der Waals surface area contributed by atoms with E-state index in [0.29, 0.717) is 11.4 Å². The molecule has 0 saturated carbocycles. The molecule has 0 radical (unpaired) electrons. The molecule has 1 heterocycles. The van der Waals surface area contributed by atoms with Crippen LogP contribution in [-0.2, 0) is 0 Å². The summed E-state index contributed by atoms with van der Waals surface area (Å²) in [5.41, 5.74) is 0.0541.